The summed E-state index contributed by atoms with van der Waals surface area (Å²) in [6.07, 6.45) is -4.63. The van der Waals surface area contributed by atoms with Crippen LogP contribution in [0.15, 0.2) is 122 Å². The molecule has 2 aliphatic carbocycles. The van der Waals surface area contributed by atoms with Gasteiger partial charge in [-0.05, 0) is 67.0 Å². The highest BCUT2D eigenvalue weighted by atomic mass is 32.2. The number of pyridine rings is 1. The number of alkyl halides is 3. The smallest absolute Gasteiger partial charge is 0.416 e. The number of sulfonamides is 1. The summed E-state index contributed by atoms with van der Waals surface area (Å²) in [4.78, 5) is 63.5. The number of nitrogens with zero attached hydrogens (tertiary/aromatic N) is 2. The van der Waals surface area contributed by atoms with Crippen molar-refractivity contribution in [3.05, 3.63) is 133 Å². The second kappa shape index (κ2) is 18.5. The van der Waals surface area contributed by atoms with E-state index < -0.39 is 91.1 Å². The van der Waals surface area contributed by atoms with Crippen LogP contribution in [0.3, 0.4) is 0 Å². The number of rotatable bonds is 15. The summed E-state index contributed by atoms with van der Waals surface area (Å²) in [7, 11) is -2.72. The number of ether oxygens (including phenoxy) is 3. The van der Waals surface area contributed by atoms with Crippen LogP contribution < -0.4 is 29.6 Å². The van der Waals surface area contributed by atoms with Crippen LogP contribution in [0, 0.1) is 11.3 Å². The van der Waals surface area contributed by atoms with E-state index in [4.69, 9.17) is 19.2 Å². The molecule has 0 bridgehead atoms. The van der Waals surface area contributed by atoms with Gasteiger partial charge in [0.1, 0.15) is 41.0 Å². The molecular weight excluding hydrogens is 916 g/mol. The quantitative estimate of drug-likeness (QED) is 0.0878. The molecule has 4 amide bonds. The molecule has 0 radical (unpaired) electrons. The van der Waals surface area contributed by atoms with Gasteiger partial charge in [0.05, 0.1) is 35.2 Å². The third-order valence-corrected chi connectivity index (χ3v) is 15.1. The van der Waals surface area contributed by atoms with E-state index >= 15 is 0 Å². The molecule has 3 aliphatic rings. The highest BCUT2D eigenvalue weighted by Gasteiger charge is 2.64. The highest BCUT2D eigenvalue weighted by Crippen LogP contribution is 2.49. The molecule has 2 heterocycles. The van der Waals surface area contributed by atoms with Crippen LogP contribution in [0.1, 0.15) is 57.6 Å². The van der Waals surface area contributed by atoms with Crippen molar-refractivity contribution in [3.8, 4) is 28.5 Å². The summed E-state index contributed by atoms with van der Waals surface area (Å²) in [6.45, 7) is 8.54. The van der Waals surface area contributed by atoms with E-state index in [1.54, 1.807) is 57.2 Å². The third kappa shape index (κ3) is 10.3. The van der Waals surface area contributed by atoms with Crippen LogP contribution in [-0.4, -0.2) is 84.2 Å². The largest absolute Gasteiger partial charge is 0.497 e. The van der Waals surface area contributed by atoms with E-state index in [1.807, 2.05) is 48.5 Å². The predicted octanol–water partition coefficient (Wildman–Crippen LogP) is 7.76. The summed E-state index contributed by atoms with van der Waals surface area (Å²) in [5.74, 6) is -2.68. The lowest BCUT2D eigenvalue weighted by molar-refractivity contribution is -0.142. The highest BCUT2D eigenvalue weighted by molar-refractivity contribution is 7.91. The topological polar surface area (TPSA) is 182 Å². The Bertz CT molecular complexity index is 2910. The maximum Gasteiger partial charge on any atom is 0.416 e. The number of likely N-dealkylation sites (tertiary alicyclic amines) is 1. The predicted molar refractivity (Wildman–Crippen MR) is 250 cm³/mol. The van der Waals surface area contributed by atoms with Gasteiger partial charge in [-0.15, -0.1) is 6.58 Å². The summed E-state index contributed by atoms with van der Waals surface area (Å²) in [5.41, 5.74) is -1.20. The molecule has 5 unspecified atom stereocenters. The molecule has 1 aromatic heterocycles. The zero-order valence-corrected chi connectivity index (χ0v) is 39.2. The average Bonchev–Trinajstić information content (AvgIpc) is 4.22. The number of carbonyl (C=O) groups is 4. The Kier molecular flexibility index (Phi) is 13.0. The van der Waals surface area contributed by atoms with Crippen LogP contribution >= 0.6 is 0 Å². The molecule has 5 aromatic rings. The van der Waals surface area contributed by atoms with Crippen molar-refractivity contribution in [1.82, 2.24) is 25.2 Å². The van der Waals surface area contributed by atoms with Crippen LogP contribution in [0.2, 0.25) is 0 Å². The van der Waals surface area contributed by atoms with E-state index in [1.165, 1.54) is 18.1 Å². The SMILES string of the molecule is C=CC1CC1(NC(=O)C1CC(Oc2cc(-c3ccccc3)nc3cc(OC)ccc23)CN1C(=O)C(NC(=O)Oc1cccc(C(F)(F)F)c1)C(C)(C)C)C(=O)NS(=O)(=O)C1(Cc2ccccc2)CC1. The Balaban J connectivity index is 1.10. The number of carbonyl (C=O) groups excluding carboxylic acids is 4. The fourth-order valence-corrected chi connectivity index (χ4v) is 10.5. The van der Waals surface area contributed by atoms with Crippen molar-refractivity contribution in [1.29, 1.82) is 0 Å². The van der Waals surface area contributed by atoms with Crippen molar-refractivity contribution in [3.63, 3.8) is 0 Å². The monoisotopic (exact) mass is 967 g/mol. The lowest BCUT2D eigenvalue weighted by Gasteiger charge is -2.35. The number of amides is 4. The van der Waals surface area contributed by atoms with E-state index in [0.29, 0.717) is 47.0 Å². The van der Waals surface area contributed by atoms with Gasteiger partial charge in [-0.3, -0.25) is 19.1 Å². The number of fused-ring (bicyclic) bond motifs is 1. The zero-order valence-electron chi connectivity index (χ0n) is 38.3. The van der Waals surface area contributed by atoms with E-state index in [0.717, 1.165) is 29.3 Å². The summed E-state index contributed by atoms with van der Waals surface area (Å²) in [5, 5.41) is 5.91. The van der Waals surface area contributed by atoms with Gasteiger partial charge in [-0.25, -0.2) is 18.2 Å². The number of methoxy groups -OCH3 is 1. The summed E-state index contributed by atoms with van der Waals surface area (Å²) < 4.78 is 86.9. The van der Waals surface area contributed by atoms with Crippen LogP contribution in [0.25, 0.3) is 22.2 Å². The van der Waals surface area contributed by atoms with Crippen LogP contribution in [-0.2, 0) is 37.0 Å². The van der Waals surface area contributed by atoms with Gasteiger partial charge in [-0.2, -0.15) is 13.2 Å². The maximum atomic E-state index is 15.0. The third-order valence-electron chi connectivity index (χ3n) is 13.0. The molecule has 3 N–H and O–H groups in total. The van der Waals surface area contributed by atoms with Crippen LogP contribution in [0.5, 0.6) is 17.2 Å². The Hall–Kier alpha value is -6.95. The minimum atomic E-state index is -4.72. The molecule has 4 aromatic carbocycles. The van der Waals surface area contributed by atoms with Gasteiger partial charge in [-0.1, -0.05) is 93.6 Å². The van der Waals surface area contributed by atoms with E-state index in [2.05, 4.69) is 21.9 Å². The molecule has 1 aliphatic heterocycles. The summed E-state index contributed by atoms with van der Waals surface area (Å²) in [6, 6.07) is 26.3. The van der Waals surface area contributed by atoms with Gasteiger partial charge in [0.2, 0.25) is 21.8 Å². The van der Waals surface area contributed by atoms with Gasteiger partial charge >= 0.3 is 12.3 Å². The molecule has 18 heteroatoms. The fraction of sp³-hybridized carbons (Fsp3) is 0.353. The molecule has 0 spiro atoms. The molecule has 2 saturated carbocycles. The minimum absolute atomic E-state index is 0.0259. The molecule has 5 atom stereocenters. The van der Waals surface area contributed by atoms with Gasteiger partial charge in [0.15, 0.2) is 0 Å². The number of halogens is 3. The van der Waals surface area contributed by atoms with E-state index in [9.17, 15) is 40.8 Å². The van der Waals surface area contributed by atoms with Crippen molar-refractivity contribution >= 4 is 44.7 Å². The van der Waals surface area contributed by atoms with Crippen molar-refractivity contribution in [2.75, 3.05) is 13.7 Å². The Morgan fingerprint density at radius 3 is 2.23 bits per heavy atom. The lowest BCUT2D eigenvalue weighted by Crippen LogP contribution is -2.60. The second-order valence-corrected chi connectivity index (χ2v) is 21.0. The molecule has 3 fully saturated rings. The normalized spacial score (nSPS) is 21.1. The number of benzene rings is 4. The zero-order chi connectivity index (χ0) is 49.5. The molecule has 8 rings (SSSR count). The number of hydrogen-bond donors (Lipinski definition) is 3. The molecular formula is C51H52F3N5O9S. The van der Waals surface area contributed by atoms with Crippen molar-refractivity contribution in [2.45, 2.75) is 87.5 Å². The number of nitrogens with one attached hydrogen (secondary N) is 3. The van der Waals surface area contributed by atoms with Crippen molar-refractivity contribution in [2.24, 2.45) is 11.3 Å². The second-order valence-electron chi connectivity index (χ2n) is 18.9. The minimum Gasteiger partial charge on any atom is -0.497 e. The first-order chi connectivity index (χ1) is 32.6. The molecule has 14 nitrogen and oxygen atoms in total. The average molecular weight is 968 g/mol. The van der Waals surface area contributed by atoms with E-state index in [-0.39, 0.29) is 25.8 Å². The Labute approximate surface area is 397 Å². The Morgan fingerprint density at radius 1 is 0.913 bits per heavy atom. The van der Waals surface area contributed by atoms with Gasteiger partial charge < -0.3 is 29.7 Å². The standard InChI is InChI=1S/C51H52F3N5O9S/c1-6-33-29-50(33,46(62)58-69(64,65)49(22-23-49)28-31-14-9-7-10-15-31)57-44(60)41-26-37(67-42-27-39(32-16-11-8-12-17-32)55-40-25-35(66-5)20-21-38(40)42)30-59(41)45(61)43(48(2,3)4)56-47(63)68-36-19-13-18-34(24-36)51(52,53)54/h6-21,24-25,27,33,37,41,43H,1,22-23,26,28-30H2,2-5H3,(H,56,63)(H,57,60)(H,58,62). The maximum absolute atomic E-state index is 15.0. The van der Waals surface area contributed by atoms with Gasteiger partial charge in [0.25, 0.3) is 5.91 Å². The Morgan fingerprint density at radius 2 is 1.61 bits per heavy atom. The molecule has 362 valence electrons. The van der Waals surface area contributed by atoms with Crippen molar-refractivity contribution < 1.29 is 55.0 Å². The number of aromatic nitrogens is 1. The summed E-state index contributed by atoms with van der Waals surface area (Å²) >= 11 is 0. The molecule has 1 saturated heterocycles. The number of hydrogen-bond acceptors (Lipinski definition) is 10. The fourth-order valence-electron chi connectivity index (χ4n) is 8.82. The first-order valence-electron chi connectivity index (χ1n) is 22.4. The first-order valence-corrected chi connectivity index (χ1v) is 23.9. The van der Waals surface area contributed by atoms with Crippen LogP contribution in [0.4, 0.5) is 18.0 Å². The lowest BCUT2D eigenvalue weighted by atomic mass is 9.85. The first kappa shape index (κ1) is 48.5. The van der Waals surface area contributed by atoms with Gasteiger partial charge in [0, 0.05) is 35.4 Å². The molecule has 69 heavy (non-hydrogen) atoms.